The molecule has 8 heteroatoms. The van der Waals surface area contributed by atoms with Crippen LogP contribution in [0.15, 0.2) is 60.7 Å². The number of amides is 2. The van der Waals surface area contributed by atoms with Crippen LogP contribution in [0.1, 0.15) is 34.9 Å². The number of benzene rings is 2. The van der Waals surface area contributed by atoms with Gasteiger partial charge in [-0.25, -0.2) is 0 Å². The molecule has 2 heterocycles. The Morgan fingerprint density at radius 2 is 1.65 bits per heavy atom. The maximum absolute atomic E-state index is 12.9. The lowest BCUT2D eigenvalue weighted by Gasteiger charge is -2.31. The highest BCUT2D eigenvalue weighted by Crippen LogP contribution is 2.22. The van der Waals surface area contributed by atoms with E-state index in [2.05, 4.69) is 10.2 Å². The maximum Gasteiger partial charge on any atom is 0.320 e. The van der Waals surface area contributed by atoms with E-state index in [-0.39, 0.29) is 18.4 Å². The average Bonchev–Trinajstić information content (AvgIpc) is 3.33. The SMILES string of the molecule is O=C(CN1CCC[C@H]1C(=O)NC(=O)c1ccccc1)OC(CN1CCOCC1)c1ccccc1. The maximum atomic E-state index is 12.9. The summed E-state index contributed by atoms with van der Waals surface area (Å²) in [5.74, 6) is -1.20. The fraction of sp³-hybridized carbons (Fsp3) is 0.423. The monoisotopic (exact) mass is 465 g/mol. The Morgan fingerprint density at radius 1 is 0.971 bits per heavy atom. The molecule has 2 aliphatic heterocycles. The summed E-state index contributed by atoms with van der Waals surface area (Å²) in [6.07, 6.45) is 0.971. The average molecular weight is 466 g/mol. The number of rotatable bonds is 8. The predicted octanol–water partition coefficient (Wildman–Crippen LogP) is 2.02. The highest BCUT2D eigenvalue weighted by molar-refractivity contribution is 6.06. The molecule has 0 radical (unpaired) electrons. The molecule has 0 bridgehead atoms. The minimum atomic E-state index is -0.533. The Labute approximate surface area is 199 Å². The summed E-state index contributed by atoms with van der Waals surface area (Å²) < 4.78 is 11.3. The minimum absolute atomic E-state index is 0.00403. The third-order valence-corrected chi connectivity index (χ3v) is 6.24. The molecule has 2 aromatic rings. The molecule has 0 spiro atoms. The van der Waals surface area contributed by atoms with Crippen LogP contribution < -0.4 is 5.32 Å². The molecule has 2 aromatic carbocycles. The van der Waals surface area contributed by atoms with Gasteiger partial charge in [0.25, 0.3) is 5.91 Å². The van der Waals surface area contributed by atoms with Gasteiger partial charge in [0.15, 0.2) is 0 Å². The number of morpholine rings is 1. The summed E-state index contributed by atoms with van der Waals surface area (Å²) in [6, 6.07) is 17.8. The van der Waals surface area contributed by atoms with Crippen molar-refractivity contribution in [3.8, 4) is 0 Å². The molecule has 2 aliphatic rings. The third kappa shape index (κ3) is 6.50. The van der Waals surface area contributed by atoms with Crippen LogP contribution in [0.5, 0.6) is 0 Å². The van der Waals surface area contributed by atoms with Crippen LogP contribution >= 0.6 is 0 Å². The number of ether oxygens (including phenoxy) is 2. The quantitative estimate of drug-likeness (QED) is 0.471. The normalized spacial score (nSPS) is 19.9. The Kier molecular flexibility index (Phi) is 8.41. The first-order chi connectivity index (χ1) is 16.6. The van der Waals surface area contributed by atoms with Crippen LogP contribution in [0.4, 0.5) is 0 Å². The van der Waals surface area contributed by atoms with Gasteiger partial charge in [0.2, 0.25) is 5.91 Å². The third-order valence-electron chi connectivity index (χ3n) is 6.24. The topological polar surface area (TPSA) is 88.2 Å². The van der Waals surface area contributed by atoms with E-state index in [9.17, 15) is 14.4 Å². The van der Waals surface area contributed by atoms with E-state index in [1.165, 1.54) is 0 Å². The Hall–Kier alpha value is -3.07. The van der Waals surface area contributed by atoms with Gasteiger partial charge in [-0.1, -0.05) is 48.5 Å². The van der Waals surface area contributed by atoms with Crippen LogP contribution in [0.2, 0.25) is 0 Å². The number of imide groups is 1. The van der Waals surface area contributed by atoms with Crippen molar-refractivity contribution < 1.29 is 23.9 Å². The molecule has 1 N–H and O–H groups in total. The van der Waals surface area contributed by atoms with Gasteiger partial charge in [-0.2, -0.15) is 0 Å². The van der Waals surface area contributed by atoms with Crippen molar-refractivity contribution in [2.75, 3.05) is 45.9 Å². The number of nitrogens with one attached hydrogen (secondary N) is 1. The summed E-state index contributed by atoms with van der Waals surface area (Å²) in [4.78, 5) is 42.1. The van der Waals surface area contributed by atoms with E-state index in [0.29, 0.717) is 38.3 Å². The molecule has 2 amide bonds. The smallest absolute Gasteiger partial charge is 0.320 e. The van der Waals surface area contributed by atoms with Gasteiger partial charge in [-0.15, -0.1) is 0 Å². The zero-order valence-electron chi connectivity index (χ0n) is 19.2. The van der Waals surface area contributed by atoms with E-state index in [1.807, 2.05) is 36.4 Å². The lowest BCUT2D eigenvalue weighted by Crippen LogP contribution is -2.47. The largest absolute Gasteiger partial charge is 0.455 e. The molecule has 34 heavy (non-hydrogen) atoms. The Morgan fingerprint density at radius 3 is 2.35 bits per heavy atom. The van der Waals surface area contributed by atoms with Gasteiger partial charge in [0.05, 0.1) is 25.8 Å². The number of likely N-dealkylation sites (tertiary alicyclic amines) is 1. The summed E-state index contributed by atoms with van der Waals surface area (Å²) in [5, 5.41) is 2.47. The minimum Gasteiger partial charge on any atom is -0.455 e. The number of nitrogens with zero attached hydrogens (tertiary/aromatic N) is 2. The second-order valence-corrected chi connectivity index (χ2v) is 8.62. The first-order valence-corrected chi connectivity index (χ1v) is 11.8. The molecule has 0 aromatic heterocycles. The number of esters is 1. The van der Waals surface area contributed by atoms with E-state index in [4.69, 9.17) is 9.47 Å². The van der Waals surface area contributed by atoms with Crippen LogP contribution in [0.25, 0.3) is 0 Å². The summed E-state index contributed by atoms with van der Waals surface area (Å²) in [6.45, 7) is 4.13. The second kappa shape index (κ2) is 11.9. The van der Waals surface area contributed by atoms with Crippen molar-refractivity contribution in [2.45, 2.75) is 25.0 Å². The first-order valence-electron chi connectivity index (χ1n) is 11.8. The Balaban J connectivity index is 1.35. The fourth-order valence-corrected chi connectivity index (χ4v) is 4.43. The number of hydrogen-bond acceptors (Lipinski definition) is 7. The molecule has 2 fully saturated rings. The molecule has 4 rings (SSSR count). The molecule has 0 aliphatic carbocycles. The number of carbonyl (C=O) groups excluding carboxylic acids is 3. The lowest BCUT2D eigenvalue weighted by molar-refractivity contribution is -0.152. The van der Waals surface area contributed by atoms with Gasteiger partial charge in [0.1, 0.15) is 6.10 Å². The number of carbonyl (C=O) groups is 3. The highest BCUT2D eigenvalue weighted by Gasteiger charge is 2.34. The van der Waals surface area contributed by atoms with Crippen molar-refractivity contribution >= 4 is 17.8 Å². The zero-order valence-corrected chi connectivity index (χ0v) is 19.2. The molecule has 0 saturated carbocycles. The van der Waals surface area contributed by atoms with Crippen molar-refractivity contribution in [1.82, 2.24) is 15.1 Å². The van der Waals surface area contributed by atoms with E-state index in [0.717, 1.165) is 25.1 Å². The predicted molar refractivity (Wildman–Crippen MR) is 126 cm³/mol. The number of hydrogen-bond donors (Lipinski definition) is 1. The van der Waals surface area contributed by atoms with Crippen molar-refractivity contribution in [3.05, 3.63) is 71.8 Å². The fourth-order valence-electron chi connectivity index (χ4n) is 4.43. The Bertz CT molecular complexity index is 963. The lowest BCUT2D eigenvalue weighted by atomic mass is 10.1. The van der Waals surface area contributed by atoms with Gasteiger partial charge in [-0.3, -0.25) is 29.5 Å². The van der Waals surface area contributed by atoms with Gasteiger partial charge < -0.3 is 9.47 Å². The molecular formula is C26H31N3O5. The molecule has 1 unspecified atom stereocenters. The molecule has 2 saturated heterocycles. The second-order valence-electron chi connectivity index (χ2n) is 8.62. The van der Waals surface area contributed by atoms with Crippen LogP contribution in [0, 0.1) is 0 Å². The van der Waals surface area contributed by atoms with Crippen molar-refractivity contribution in [3.63, 3.8) is 0 Å². The van der Waals surface area contributed by atoms with Gasteiger partial charge in [0, 0.05) is 25.2 Å². The summed E-state index contributed by atoms with van der Waals surface area (Å²) >= 11 is 0. The molecule has 2 atom stereocenters. The van der Waals surface area contributed by atoms with E-state index >= 15 is 0 Å². The van der Waals surface area contributed by atoms with Crippen LogP contribution in [-0.2, 0) is 19.1 Å². The van der Waals surface area contributed by atoms with E-state index < -0.39 is 18.1 Å². The van der Waals surface area contributed by atoms with Crippen molar-refractivity contribution in [1.29, 1.82) is 0 Å². The van der Waals surface area contributed by atoms with Gasteiger partial charge >= 0.3 is 5.97 Å². The van der Waals surface area contributed by atoms with E-state index in [1.54, 1.807) is 29.2 Å². The summed E-state index contributed by atoms with van der Waals surface area (Å²) in [7, 11) is 0. The summed E-state index contributed by atoms with van der Waals surface area (Å²) in [5.41, 5.74) is 1.36. The first kappa shape index (κ1) is 24.1. The zero-order chi connectivity index (χ0) is 23.8. The molecule has 8 nitrogen and oxygen atoms in total. The molecular weight excluding hydrogens is 434 g/mol. The van der Waals surface area contributed by atoms with Crippen LogP contribution in [0.3, 0.4) is 0 Å². The van der Waals surface area contributed by atoms with Crippen LogP contribution in [-0.4, -0.2) is 79.6 Å². The molecule has 180 valence electrons. The van der Waals surface area contributed by atoms with Gasteiger partial charge in [-0.05, 0) is 37.1 Å². The highest BCUT2D eigenvalue weighted by atomic mass is 16.5. The standard InChI is InChI=1S/C26H31N3O5/c30-24(34-23(20-8-3-1-4-9-20)18-28-14-16-33-17-15-28)19-29-13-7-12-22(29)26(32)27-25(31)21-10-5-2-6-11-21/h1-6,8-11,22-23H,7,12-19H2,(H,27,31,32)/t22-,23?/m0/s1. The van der Waals surface area contributed by atoms with Crippen molar-refractivity contribution in [2.24, 2.45) is 0 Å².